The predicted octanol–water partition coefficient (Wildman–Crippen LogP) is 3.81. The van der Waals surface area contributed by atoms with Gasteiger partial charge in [-0.05, 0) is 44.7 Å². The Bertz CT molecular complexity index is 910. The van der Waals surface area contributed by atoms with Crippen LogP contribution in [0.2, 0.25) is 0 Å². The maximum atomic E-state index is 14.8. The normalized spacial score (nSPS) is 21.9. The van der Waals surface area contributed by atoms with Crippen LogP contribution >= 0.6 is 0 Å². The number of rotatable bonds is 7. The zero-order valence-corrected chi connectivity index (χ0v) is 18.7. The first-order chi connectivity index (χ1) is 13.0. The lowest BCUT2D eigenvalue weighted by Crippen LogP contribution is -2.47. The number of halogens is 1. The van der Waals surface area contributed by atoms with Gasteiger partial charge in [0.15, 0.2) is 0 Å². The molecule has 0 bridgehead atoms. The molecule has 1 aliphatic carbocycles. The van der Waals surface area contributed by atoms with Gasteiger partial charge < -0.3 is 0 Å². The zero-order chi connectivity index (χ0) is 21.2. The van der Waals surface area contributed by atoms with Crippen LogP contribution in [0, 0.1) is 17.1 Å². The van der Waals surface area contributed by atoms with Crippen LogP contribution in [0.4, 0.5) is 4.39 Å². The molecule has 1 aromatic carbocycles. The molecule has 0 amide bonds. The van der Waals surface area contributed by atoms with Crippen molar-refractivity contribution in [3.8, 4) is 6.07 Å². The highest BCUT2D eigenvalue weighted by molar-refractivity contribution is 7.95. The van der Waals surface area contributed by atoms with E-state index in [1.54, 1.807) is 32.0 Å². The van der Waals surface area contributed by atoms with Crippen LogP contribution in [-0.2, 0) is 26.1 Å². The van der Waals surface area contributed by atoms with Gasteiger partial charge in [-0.1, -0.05) is 38.0 Å². The molecule has 1 aromatic rings. The number of hydrogen-bond donors (Lipinski definition) is 1. The molecule has 2 N–H and O–H groups in total. The van der Waals surface area contributed by atoms with Gasteiger partial charge in [0.1, 0.15) is 10.6 Å². The Balaban J connectivity index is 2.63. The third-order valence-corrected chi connectivity index (χ3v) is 10.5. The van der Waals surface area contributed by atoms with Gasteiger partial charge in [0.05, 0.1) is 31.5 Å². The molecule has 156 valence electrons. The molecule has 8 heteroatoms. The van der Waals surface area contributed by atoms with Gasteiger partial charge in [-0.3, -0.25) is 5.14 Å². The Hall–Kier alpha value is -1.30. The molecular formula is C20H30FN3O2S2. The van der Waals surface area contributed by atoms with Crippen molar-refractivity contribution in [2.24, 2.45) is 9.50 Å². The van der Waals surface area contributed by atoms with Crippen molar-refractivity contribution >= 4 is 20.7 Å². The summed E-state index contributed by atoms with van der Waals surface area (Å²) in [6.45, 7) is 5.32. The van der Waals surface area contributed by atoms with E-state index in [9.17, 15) is 18.1 Å². The van der Waals surface area contributed by atoms with E-state index in [1.165, 1.54) is 13.1 Å². The molecule has 0 aromatic heterocycles. The minimum Gasteiger partial charge on any atom is -0.251 e. The summed E-state index contributed by atoms with van der Waals surface area (Å²) in [5.41, 5.74) is -0.566. The molecule has 3 atom stereocenters. The van der Waals surface area contributed by atoms with Crippen molar-refractivity contribution in [2.45, 2.75) is 67.8 Å². The highest BCUT2D eigenvalue weighted by Crippen LogP contribution is 2.44. The van der Waals surface area contributed by atoms with Crippen LogP contribution in [0.5, 0.6) is 0 Å². The van der Waals surface area contributed by atoms with Gasteiger partial charge in [0, 0.05) is 18.2 Å². The maximum Gasteiger partial charge on any atom is 0.140 e. The van der Waals surface area contributed by atoms with Gasteiger partial charge in [0.2, 0.25) is 0 Å². The van der Waals surface area contributed by atoms with Crippen molar-refractivity contribution in [3.05, 3.63) is 35.6 Å². The van der Waals surface area contributed by atoms with E-state index in [0.29, 0.717) is 18.4 Å². The topological polar surface area (TPSA) is 96.3 Å². The summed E-state index contributed by atoms with van der Waals surface area (Å²) in [6, 6.07) is 8.64. The third-order valence-electron chi connectivity index (χ3n) is 5.92. The van der Waals surface area contributed by atoms with Gasteiger partial charge in [-0.25, -0.2) is 17.2 Å². The number of hydrogen-bond acceptors (Lipinski definition) is 4. The average Bonchev–Trinajstić information content (AvgIpc) is 3.12. The smallest absolute Gasteiger partial charge is 0.140 e. The molecule has 5 nitrogen and oxygen atoms in total. The number of nitrogens with zero attached hydrogens (tertiary/aromatic N) is 2. The van der Waals surface area contributed by atoms with Crippen LogP contribution in [0.1, 0.15) is 58.4 Å². The first-order valence-corrected chi connectivity index (χ1v) is 12.3. The molecule has 28 heavy (non-hydrogen) atoms. The minimum atomic E-state index is -2.98. The number of benzene rings is 1. The molecule has 0 aliphatic heterocycles. The molecule has 1 aliphatic rings. The second-order valence-corrected chi connectivity index (χ2v) is 13.0. The average molecular weight is 428 g/mol. The van der Waals surface area contributed by atoms with Crippen LogP contribution in [0.25, 0.3) is 0 Å². The second-order valence-electron chi connectivity index (χ2n) is 8.55. The van der Waals surface area contributed by atoms with E-state index in [-0.39, 0.29) is 12.2 Å². The Labute approximate surface area is 170 Å². The lowest BCUT2D eigenvalue weighted by atomic mass is 9.77. The van der Waals surface area contributed by atoms with E-state index in [4.69, 9.17) is 5.14 Å². The Kier molecular flexibility index (Phi) is 6.74. The molecule has 0 radical (unpaired) electrons. The molecule has 1 saturated carbocycles. The van der Waals surface area contributed by atoms with Crippen molar-refractivity contribution in [1.29, 1.82) is 5.26 Å². The highest BCUT2D eigenvalue weighted by Gasteiger charge is 2.49. The fourth-order valence-electron chi connectivity index (χ4n) is 4.44. The summed E-state index contributed by atoms with van der Waals surface area (Å²) in [4.78, 5) is 0. The first kappa shape index (κ1) is 23.0. The molecule has 1 unspecified atom stereocenters. The van der Waals surface area contributed by atoms with Crippen molar-refractivity contribution in [2.75, 3.05) is 12.8 Å². The summed E-state index contributed by atoms with van der Waals surface area (Å²) < 4.78 is 43.3. The minimum absolute atomic E-state index is 0.0195. The molecule has 2 rings (SSSR count). The largest absolute Gasteiger partial charge is 0.251 e. The summed E-state index contributed by atoms with van der Waals surface area (Å²) in [6.07, 6.45) is 2.96. The van der Waals surface area contributed by atoms with Crippen molar-refractivity contribution < 1.29 is 12.8 Å². The fourth-order valence-corrected chi connectivity index (χ4v) is 7.85. The van der Waals surface area contributed by atoms with Gasteiger partial charge >= 0.3 is 0 Å². The standard InChI is InChI=1S/C20H30FN3O2S2/c1-18(2,27(23)25)13-19(3,16-9-5-6-10-17(16)21)15-28(26,24-4)20(14-22)11-7-8-12-20/h5-6,9-10H,7-8,11-13,15,23H2,1-4H3/t19-,27?,28-/m0/s1. The molecular weight excluding hydrogens is 397 g/mol. The Morgan fingerprint density at radius 3 is 2.36 bits per heavy atom. The Morgan fingerprint density at radius 1 is 1.32 bits per heavy atom. The van der Waals surface area contributed by atoms with Crippen LogP contribution < -0.4 is 5.14 Å². The molecule has 0 saturated heterocycles. The van der Waals surface area contributed by atoms with Crippen LogP contribution in [-0.4, -0.2) is 30.7 Å². The molecule has 0 spiro atoms. The molecule has 1 fully saturated rings. The lowest BCUT2D eigenvalue weighted by Gasteiger charge is -2.39. The highest BCUT2D eigenvalue weighted by atomic mass is 32.2. The predicted molar refractivity (Wildman–Crippen MR) is 113 cm³/mol. The third kappa shape index (κ3) is 4.17. The van der Waals surface area contributed by atoms with Gasteiger partial charge in [-0.2, -0.15) is 5.26 Å². The summed E-state index contributed by atoms with van der Waals surface area (Å²) in [5.74, 6) is -0.398. The van der Waals surface area contributed by atoms with E-state index in [2.05, 4.69) is 10.4 Å². The van der Waals surface area contributed by atoms with Gasteiger partial charge in [0.25, 0.3) is 0 Å². The summed E-state index contributed by atoms with van der Waals surface area (Å²) in [7, 11) is -3.16. The number of nitrogens with two attached hydrogens (primary N) is 1. The van der Waals surface area contributed by atoms with E-state index in [1.807, 2.05) is 6.92 Å². The van der Waals surface area contributed by atoms with Gasteiger partial charge in [-0.15, -0.1) is 0 Å². The zero-order valence-electron chi connectivity index (χ0n) is 17.0. The van der Waals surface area contributed by atoms with E-state index in [0.717, 1.165) is 12.8 Å². The summed E-state index contributed by atoms with van der Waals surface area (Å²) in [5, 5.41) is 15.6. The summed E-state index contributed by atoms with van der Waals surface area (Å²) >= 11 is 0. The number of nitriles is 1. The maximum absolute atomic E-state index is 14.8. The van der Waals surface area contributed by atoms with Crippen molar-refractivity contribution in [1.82, 2.24) is 0 Å². The second kappa shape index (κ2) is 8.21. The van der Waals surface area contributed by atoms with Crippen molar-refractivity contribution in [3.63, 3.8) is 0 Å². The fraction of sp³-hybridized carbons (Fsp3) is 0.650. The SMILES string of the molecule is CN=[S@](=O)(C[C@](C)(CC(C)(C)S(N)=O)c1ccccc1F)C1(C#N)CCCC1. The molecule has 0 heterocycles. The Morgan fingerprint density at radius 2 is 1.89 bits per heavy atom. The van der Waals surface area contributed by atoms with Crippen LogP contribution in [0.15, 0.2) is 28.6 Å². The quantitative estimate of drug-likeness (QED) is 0.716. The van der Waals surface area contributed by atoms with E-state index >= 15 is 0 Å². The van der Waals surface area contributed by atoms with Crippen LogP contribution in [0.3, 0.4) is 0 Å². The lowest BCUT2D eigenvalue weighted by molar-refractivity contribution is 0.401. The van der Waals surface area contributed by atoms with E-state index < -0.39 is 41.4 Å². The first-order valence-electron chi connectivity index (χ1n) is 9.40. The monoisotopic (exact) mass is 427 g/mol.